The van der Waals surface area contributed by atoms with Crippen LogP contribution in [0.1, 0.15) is 35.2 Å². The number of allylic oxidation sites excluding steroid dienone is 1. The Hall–Kier alpha value is -3.87. The first-order chi connectivity index (χ1) is 19.6. The second kappa shape index (κ2) is 11.7. The van der Waals surface area contributed by atoms with E-state index in [1.165, 1.54) is 0 Å². The summed E-state index contributed by atoms with van der Waals surface area (Å²) in [5.74, 6) is 0.621. The lowest BCUT2D eigenvalue weighted by molar-refractivity contribution is 0.0854. The maximum atomic E-state index is 12.7. The summed E-state index contributed by atoms with van der Waals surface area (Å²) in [6.07, 6.45) is 4.14. The van der Waals surface area contributed by atoms with E-state index in [4.69, 9.17) is 4.74 Å². The van der Waals surface area contributed by atoms with Crippen LogP contribution >= 0.6 is 0 Å². The topological polar surface area (TPSA) is 77.3 Å². The van der Waals surface area contributed by atoms with E-state index in [9.17, 15) is 14.0 Å². The quantitative estimate of drug-likeness (QED) is 0.467. The zero-order chi connectivity index (χ0) is 27.5. The van der Waals surface area contributed by atoms with Crippen LogP contribution in [-0.4, -0.2) is 73.2 Å². The lowest BCUT2D eigenvalue weighted by Crippen LogP contribution is -2.47. The van der Waals surface area contributed by atoms with Crippen molar-refractivity contribution in [3.8, 4) is 23.1 Å². The van der Waals surface area contributed by atoms with Gasteiger partial charge in [0.2, 0.25) is 0 Å². The number of fused-ring (bicyclic) bond motifs is 1. The average molecular weight is 543 g/mol. The number of hydrogen-bond donors (Lipinski definition) is 1. The number of aromatic nitrogens is 2. The predicted octanol–water partition coefficient (Wildman–Crippen LogP) is 4.63. The van der Waals surface area contributed by atoms with Gasteiger partial charge in [-0.1, -0.05) is 12.1 Å². The highest BCUT2D eigenvalue weighted by molar-refractivity contribution is 5.92. The summed E-state index contributed by atoms with van der Waals surface area (Å²) in [7, 11) is 0. The van der Waals surface area contributed by atoms with Gasteiger partial charge in [0, 0.05) is 49.4 Å². The van der Waals surface area contributed by atoms with Crippen LogP contribution in [0.3, 0.4) is 0 Å². The highest BCUT2D eigenvalue weighted by Gasteiger charge is 2.23. The summed E-state index contributed by atoms with van der Waals surface area (Å²) in [6, 6.07) is 16.5. The maximum absolute atomic E-state index is 12.7. The summed E-state index contributed by atoms with van der Waals surface area (Å²) in [5, 5.41) is 13.2. The number of rotatable bonds is 7. The summed E-state index contributed by atoms with van der Waals surface area (Å²) >= 11 is 0. The Morgan fingerprint density at radius 1 is 1.00 bits per heavy atom. The number of piperidine rings is 1. The van der Waals surface area contributed by atoms with Gasteiger partial charge >= 0.3 is 0 Å². The second-order valence-electron chi connectivity index (χ2n) is 10.5. The van der Waals surface area contributed by atoms with Crippen LogP contribution in [0.4, 0.5) is 14.5 Å². The van der Waals surface area contributed by atoms with Crippen LogP contribution in [0.15, 0.2) is 48.8 Å². The van der Waals surface area contributed by atoms with E-state index in [1.807, 2.05) is 23.1 Å². The first-order valence-electron chi connectivity index (χ1n) is 13.9. The summed E-state index contributed by atoms with van der Waals surface area (Å²) in [6.45, 7) is 4.47. The van der Waals surface area contributed by atoms with Crippen molar-refractivity contribution in [1.29, 1.82) is 5.26 Å². The maximum Gasteiger partial charge on any atom is 0.251 e. The normalized spacial score (nSPS) is 17.9. The molecule has 0 radical (unpaired) electrons. The molecule has 0 spiro atoms. The molecular formula is C31H32F2N6O. The van der Waals surface area contributed by atoms with Gasteiger partial charge in [0.15, 0.2) is 0 Å². The van der Waals surface area contributed by atoms with E-state index in [-0.39, 0.29) is 12.6 Å². The van der Waals surface area contributed by atoms with Gasteiger partial charge in [-0.05, 0) is 73.5 Å². The highest BCUT2D eigenvalue weighted by atomic mass is 19.3. The SMILES string of the molecule is N#Cc1cc(-c2ncnc3c2C=C(c2ccc(N4CCN(CC(F)F)CC4)cc2)C3)ccc1OC1CCNCC1. The molecule has 0 atom stereocenters. The fourth-order valence-electron chi connectivity index (χ4n) is 5.78. The molecule has 0 amide bonds. The summed E-state index contributed by atoms with van der Waals surface area (Å²) in [4.78, 5) is 13.2. The molecule has 1 aromatic heterocycles. The number of nitriles is 1. The lowest BCUT2D eigenvalue weighted by Gasteiger charge is -2.36. The van der Waals surface area contributed by atoms with Crippen LogP contribution in [0, 0.1) is 11.3 Å². The van der Waals surface area contributed by atoms with Gasteiger partial charge in [-0.15, -0.1) is 0 Å². The van der Waals surface area contributed by atoms with Crippen molar-refractivity contribution in [1.82, 2.24) is 20.2 Å². The third kappa shape index (κ3) is 5.69. The summed E-state index contributed by atoms with van der Waals surface area (Å²) < 4.78 is 31.6. The van der Waals surface area contributed by atoms with Crippen LogP contribution in [0.5, 0.6) is 5.75 Å². The minimum Gasteiger partial charge on any atom is -0.489 e. The van der Waals surface area contributed by atoms with E-state index in [0.29, 0.717) is 30.8 Å². The van der Waals surface area contributed by atoms with Crippen molar-refractivity contribution < 1.29 is 13.5 Å². The number of halogens is 2. The number of benzene rings is 2. The molecule has 1 N–H and O–H groups in total. The Morgan fingerprint density at radius 2 is 1.75 bits per heavy atom. The molecule has 0 saturated carbocycles. The number of piperazine rings is 1. The van der Waals surface area contributed by atoms with Gasteiger partial charge in [-0.3, -0.25) is 4.90 Å². The molecule has 1 aliphatic carbocycles. The number of alkyl halides is 2. The largest absolute Gasteiger partial charge is 0.489 e. The van der Waals surface area contributed by atoms with E-state index in [0.717, 1.165) is 78.4 Å². The van der Waals surface area contributed by atoms with Crippen LogP contribution in [0.25, 0.3) is 22.9 Å². The molecule has 2 aromatic carbocycles. The van der Waals surface area contributed by atoms with Crippen LogP contribution < -0.4 is 15.0 Å². The van der Waals surface area contributed by atoms with Gasteiger partial charge in [0.05, 0.1) is 23.5 Å². The third-order valence-electron chi connectivity index (χ3n) is 7.97. The fourth-order valence-corrected chi connectivity index (χ4v) is 5.78. The van der Waals surface area contributed by atoms with Crippen molar-refractivity contribution in [2.45, 2.75) is 31.8 Å². The Kier molecular flexibility index (Phi) is 7.71. The molecule has 2 fully saturated rings. The zero-order valence-electron chi connectivity index (χ0n) is 22.3. The molecule has 0 unspecified atom stereocenters. The van der Waals surface area contributed by atoms with Crippen molar-refractivity contribution in [2.75, 3.05) is 50.7 Å². The molecule has 9 heteroatoms. The number of anilines is 1. The Labute approximate surface area is 233 Å². The minimum atomic E-state index is -2.29. The van der Waals surface area contributed by atoms with Gasteiger partial charge in [-0.2, -0.15) is 5.26 Å². The fraction of sp³-hybridized carbons (Fsp3) is 0.387. The molecule has 2 aliphatic heterocycles. The Bertz CT molecular complexity index is 1420. The van der Waals surface area contributed by atoms with Crippen molar-refractivity contribution in [3.05, 3.63) is 71.2 Å². The summed E-state index contributed by atoms with van der Waals surface area (Å²) in [5.41, 5.74) is 7.52. The number of ether oxygens (including phenoxy) is 1. The molecular weight excluding hydrogens is 510 g/mol. The Balaban J connectivity index is 1.18. The third-order valence-corrected chi connectivity index (χ3v) is 7.97. The van der Waals surface area contributed by atoms with Crippen molar-refractivity contribution >= 4 is 17.3 Å². The van der Waals surface area contributed by atoms with E-state index >= 15 is 0 Å². The van der Waals surface area contributed by atoms with Crippen LogP contribution in [0.2, 0.25) is 0 Å². The van der Waals surface area contributed by atoms with Crippen molar-refractivity contribution in [3.63, 3.8) is 0 Å². The van der Waals surface area contributed by atoms with Crippen molar-refractivity contribution in [2.24, 2.45) is 0 Å². The Morgan fingerprint density at radius 3 is 2.48 bits per heavy atom. The molecule has 40 heavy (non-hydrogen) atoms. The predicted molar refractivity (Wildman–Crippen MR) is 151 cm³/mol. The molecule has 3 aliphatic rings. The van der Waals surface area contributed by atoms with Gasteiger partial charge in [0.1, 0.15) is 24.3 Å². The molecule has 2 saturated heterocycles. The second-order valence-corrected chi connectivity index (χ2v) is 10.5. The minimum absolute atomic E-state index is 0.120. The molecule has 3 heterocycles. The molecule has 206 valence electrons. The highest BCUT2D eigenvalue weighted by Crippen LogP contribution is 2.37. The average Bonchev–Trinajstić information content (AvgIpc) is 3.43. The van der Waals surface area contributed by atoms with E-state index in [1.54, 1.807) is 6.33 Å². The monoisotopic (exact) mass is 542 g/mol. The first kappa shape index (κ1) is 26.4. The van der Waals surface area contributed by atoms with Gasteiger partial charge in [-0.25, -0.2) is 18.7 Å². The molecule has 3 aromatic rings. The standard InChI is InChI=1S/C31H32F2N6O/c32-30(33)19-38-11-13-39(14-12-38)25-4-1-21(2-5-25)23-16-27-28(17-23)36-20-37-31(27)22-3-6-29(24(15-22)18-34)40-26-7-9-35-10-8-26/h1-6,15-16,20,26,30,35H,7-14,17,19H2. The van der Waals surface area contributed by atoms with Crippen LogP contribution in [-0.2, 0) is 6.42 Å². The van der Waals surface area contributed by atoms with Gasteiger partial charge < -0.3 is 15.0 Å². The molecule has 0 bridgehead atoms. The van der Waals surface area contributed by atoms with Gasteiger partial charge in [0.25, 0.3) is 6.43 Å². The lowest BCUT2D eigenvalue weighted by atomic mass is 10.0. The van der Waals surface area contributed by atoms with E-state index in [2.05, 4.69) is 56.6 Å². The molecule has 7 nitrogen and oxygen atoms in total. The number of nitrogens with zero attached hydrogens (tertiary/aromatic N) is 5. The number of nitrogens with one attached hydrogen (secondary N) is 1. The van der Waals surface area contributed by atoms with E-state index < -0.39 is 6.43 Å². The smallest absolute Gasteiger partial charge is 0.251 e. The zero-order valence-corrected chi connectivity index (χ0v) is 22.3. The number of hydrogen-bond acceptors (Lipinski definition) is 7. The molecule has 6 rings (SSSR count). The first-order valence-corrected chi connectivity index (χ1v) is 13.9.